The Labute approximate surface area is 82.9 Å². The summed E-state index contributed by atoms with van der Waals surface area (Å²) in [6, 6.07) is 4.26. The lowest BCUT2D eigenvalue weighted by Gasteiger charge is -1.96. The summed E-state index contributed by atoms with van der Waals surface area (Å²) < 4.78 is 13.6. The number of aryl methyl sites for hydroxylation is 1. The third kappa shape index (κ3) is 1.26. The number of rotatable bonds is 1. The zero-order chi connectivity index (χ0) is 10.3. The Morgan fingerprint density at radius 3 is 2.86 bits per heavy atom. The first-order valence-electron chi connectivity index (χ1n) is 3.92. The van der Waals surface area contributed by atoms with E-state index in [0.717, 1.165) is 16.9 Å². The van der Waals surface area contributed by atoms with Crippen LogP contribution in [0.15, 0.2) is 18.2 Å². The maximum Gasteiger partial charge on any atom is 0.278 e. The normalized spacial score (nSPS) is 10.7. The van der Waals surface area contributed by atoms with Crippen molar-refractivity contribution in [3.8, 4) is 0 Å². The van der Waals surface area contributed by atoms with Gasteiger partial charge in [0.1, 0.15) is 0 Å². The molecule has 1 aromatic heterocycles. The van der Waals surface area contributed by atoms with Gasteiger partial charge in [0.05, 0.1) is 10.3 Å². The Bertz CT molecular complexity index is 521. The number of hydrogen-bond acceptors (Lipinski definition) is 3. The van der Waals surface area contributed by atoms with Crippen LogP contribution in [0.5, 0.6) is 0 Å². The predicted molar refractivity (Wildman–Crippen MR) is 53.2 cm³/mol. The largest absolute Gasteiger partial charge is 0.278 e. The molecule has 0 spiro atoms. The van der Waals surface area contributed by atoms with Gasteiger partial charge in [-0.1, -0.05) is 6.07 Å². The van der Waals surface area contributed by atoms with Crippen molar-refractivity contribution in [3.63, 3.8) is 0 Å². The molecule has 72 valence electrons. The van der Waals surface area contributed by atoms with Gasteiger partial charge in [-0.2, -0.15) is 4.39 Å². The lowest BCUT2D eigenvalue weighted by Crippen LogP contribution is -1.88. The average molecular weight is 211 g/mol. The van der Waals surface area contributed by atoms with Crippen LogP contribution < -0.4 is 0 Å². The van der Waals surface area contributed by atoms with Crippen molar-refractivity contribution in [2.24, 2.45) is 0 Å². The number of nitro groups is 1. The summed E-state index contributed by atoms with van der Waals surface area (Å²) in [5, 5.41) is 10.6. The summed E-state index contributed by atoms with van der Waals surface area (Å²) >= 11 is 0.939. The molecule has 0 aliphatic heterocycles. The third-order valence-electron chi connectivity index (χ3n) is 2.02. The van der Waals surface area contributed by atoms with E-state index in [9.17, 15) is 14.5 Å². The molecule has 5 heteroatoms. The molecule has 0 N–H and O–H groups in total. The lowest BCUT2D eigenvalue weighted by molar-refractivity contribution is -0.383. The van der Waals surface area contributed by atoms with Crippen LogP contribution in [0.3, 0.4) is 0 Å². The lowest BCUT2D eigenvalue weighted by atomic mass is 10.1. The molecule has 0 saturated carbocycles. The molecule has 1 aromatic carbocycles. The standard InChI is InChI=1S/C9H6FNO2S/c1-5-2-3-7(11(12)13)6-4-8(10)14-9(5)6/h2-4H,1H3. The van der Waals surface area contributed by atoms with Crippen LogP contribution in [0.1, 0.15) is 5.56 Å². The zero-order valence-corrected chi connectivity index (χ0v) is 8.10. The van der Waals surface area contributed by atoms with Crippen LogP contribution in [-0.2, 0) is 0 Å². The Morgan fingerprint density at radius 2 is 2.21 bits per heavy atom. The van der Waals surface area contributed by atoms with Gasteiger partial charge in [-0.25, -0.2) is 0 Å². The van der Waals surface area contributed by atoms with E-state index >= 15 is 0 Å². The highest BCUT2D eigenvalue weighted by molar-refractivity contribution is 7.17. The van der Waals surface area contributed by atoms with Gasteiger partial charge in [0.15, 0.2) is 5.13 Å². The number of nitrogens with zero attached hydrogens (tertiary/aromatic N) is 1. The highest BCUT2D eigenvalue weighted by Crippen LogP contribution is 2.33. The van der Waals surface area contributed by atoms with E-state index in [4.69, 9.17) is 0 Å². The second-order valence-corrected chi connectivity index (χ2v) is 3.95. The van der Waals surface area contributed by atoms with Crippen molar-refractivity contribution < 1.29 is 9.31 Å². The minimum Gasteiger partial charge on any atom is -0.258 e. The minimum atomic E-state index is -0.492. The fourth-order valence-corrected chi connectivity index (χ4v) is 2.25. The molecule has 14 heavy (non-hydrogen) atoms. The first-order chi connectivity index (χ1) is 6.59. The molecule has 0 amide bonds. The fourth-order valence-electron chi connectivity index (χ4n) is 1.37. The van der Waals surface area contributed by atoms with Crippen LogP contribution >= 0.6 is 11.3 Å². The highest BCUT2D eigenvalue weighted by Gasteiger charge is 2.15. The van der Waals surface area contributed by atoms with E-state index in [2.05, 4.69) is 0 Å². The van der Waals surface area contributed by atoms with Gasteiger partial charge in [0.25, 0.3) is 5.69 Å². The van der Waals surface area contributed by atoms with E-state index in [0.29, 0.717) is 10.1 Å². The molecule has 0 aliphatic carbocycles. The molecular formula is C9H6FNO2S. The van der Waals surface area contributed by atoms with Gasteiger partial charge in [-0.05, 0) is 18.6 Å². The van der Waals surface area contributed by atoms with Crippen molar-refractivity contribution in [1.82, 2.24) is 0 Å². The fraction of sp³-hybridized carbons (Fsp3) is 0.111. The second kappa shape index (κ2) is 3.02. The van der Waals surface area contributed by atoms with Gasteiger partial charge in [0.2, 0.25) is 0 Å². The molecule has 2 aromatic rings. The predicted octanol–water partition coefficient (Wildman–Crippen LogP) is 3.26. The summed E-state index contributed by atoms with van der Waals surface area (Å²) in [5.41, 5.74) is 0.824. The van der Waals surface area contributed by atoms with Crippen LogP contribution in [0.25, 0.3) is 10.1 Å². The third-order valence-corrected chi connectivity index (χ3v) is 3.08. The van der Waals surface area contributed by atoms with Gasteiger partial charge in [-0.3, -0.25) is 10.1 Å². The molecule has 3 nitrogen and oxygen atoms in total. The summed E-state index contributed by atoms with van der Waals surface area (Å²) in [6.07, 6.45) is 0. The highest BCUT2D eigenvalue weighted by atomic mass is 32.1. The van der Waals surface area contributed by atoms with Crippen molar-refractivity contribution in [1.29, 1.82) is 0 Å². The van der Waals surface area contributed by atoms with E-state index in [1.54, 1.807) is 6.07 Å². The van der Waals surface area contributed by atoms with Crippen LogP contribution in [-0.4, -0.2) is 4.92 Å². The summed E-state index contributed by atoms with van der Waals surface area (Å²) in [7, 11) is 0. The first kappa shape index (κ1) is 9.08. The maximum atomic E-state index is 12.9. The molecule has 1 heterocycles. The molecule has 0 saturated heterocycles. The Balaban J connectivity index is 2.87. The van der Waals surface area contributed by atoms with E-state index in [1.807, 2.05) is 6.92 Å². The summed E-state index contributed by atoms with van der Waals surface area (Å²) in [6.45, 7) is 1.81. The van der Waals surface area contributed by atoms with Crippen molar-refractivity contribution in [2.75, 3.05) is 0 Å². The number of fused-ring (bicyclic) bond motifs is 1. The monoisotopic (exact) mass is 211 g/mol. The topological polar surface area (TPSA) is 43.1 Å². The number of thiophene rings is 1. The molecule has 0 unspecified atom stereocenters. The molecule has 0 fully saturated rings. The molecule has 0 bridgehead atoms. The molecule has 0 radical (unpaired) electrons. The van der Waals surface area contributed by atoms with Gasteiger partial charge < -0.3 is 0 Å². The summed E-state index contributed by atoms with van der Waals surface area (Å²) in [5.74, 6) is 0. The second-order valence-electron chi connectivity index (χ2n) is 2.95. The molecule has 0 atom stereocenters. The SMILES string of the molecule is Cc1ccc([N+](=O)[O-])c2cc(F)sc12. The molecule has 0 aliphatic rings. The number of non-ortho nitro benzene ring substituents is 1. The Morgan fingerprint density at radius 1 is 1.50 bits per heavy atom. The smallest absolute Gasteiger partial charge is 0.258 e. The Hall–Kier alpha value is -1.49. The van der Waals surface area contributed by atoms with Gasteiger partial charge in [-0.15, -0.1) is 11.3 Å². The van der Waals surface area contributed by atoms with Crippen molar-refractivity contribution in [3.05, 3.63) is 39.0 Å². The van der Waals surface area contributed by atoms with Crippen molar-refractivity contribution >= 4 is 27.1 Å². The maximum absolute atomic E-state index is 12.9. The van der Waals surface area contributed by atoms with Crippen LogP contribution in [0.4, 0.5) is 10.1 Å². The summed E-state index contributed by atoms with van der Waals surface area (Å²) in [4.78, 5) is 10.1. The van der Waals surface area contributed by atoms with E-state index in [1.165, 1.54) is 12.1 Å². The van der Waals surface area contributed by atoms with E-state index < -0.39 is 10.1 Å². The number of nitro benzene ring substituents is 1. The van der Waals surface area contributed by atoms with Gasteiger partial charge in [0, 0.05) is 10.8 Å². The van der Waals surface area contributed by atoms with E-state index in [-0.39, 0.29) is 5.69 Å². The van der Waals surface area contributed by atoms with Crippen LogP contribution in [0.2, 0.25) is 0 Å². The average Bonchev–Trinajstić information content (AvgIpc) is 2.47. The van der Waals surface area contributed by atoms with Crippen molar-refractivity contribution in [2.45, 2.75) is 6.92 Å². The van der Waals surface area contributed by atoms with Gasteiger partial charge >= 0.3 is 0 Å². The zero-order valence-electron chi connectivity index (χ0n) is 7.28. The minimum absolute atomic E-state index is 0.0363. The number of halogens is 1. The number of hydrogen-bond donors (Lipinski definition) is 0. The van der Waals surface area contributed by atoms with Crippen LogP contribution in [0, 0.1) is 22.2 Å². The molecular weight excluding hydrogens is 205 g/mol. The Kier molecular flexibility index (Phi) is 1.96. The molecule has 2 rings (SSSR count). The quantitative estimate of drug-likeness (QED) is 0.536. The first-order valence-corrected chi connectivity index (χ1v) is 4.74. The number of benzene rings is 1.